The Hall–Kier alpha value is -2.18. The molecule has 2 saturated heterocycles. The van der Waals surface area contributed by atoms with Crippen molar-refractivity contribution in [3.05, 3.63) is 60.7 Å². The first-order chi connectivity index (χ1) is 16.1. The summed E-state index contributed by atoms with van der Waals surface area (Å²) in [6.45, 7) is 0.544. The number of hydrogen-bond donors (Lipinski definition) is 2. The number of hydrogen-bond acceptors (Lipinski definition) is 6. The van der Waals surface area contributed by atoms with Crippen molar-refractivity contribution < 1.29 is 56.1 Å². The summed E-state index contributed by atoms with van der Waals surface area (Å²) in [5.74, 6) is -2.16. The van der Waals surface area contributed by atoms with Crippen LogP contribution in [0.25, 0.3) is 0 Å². The van der Waals surface area contributed by atoms with Gasteiger partial charge in [0.25, 0.3) is 0 Å². The molecule has 1 radical (unpaired) electrons. The van der Waals surface area contributed by atoms with Crippen molar-refractivity contribution in [1.82, 2.24) is 8.61 Å². The summed E-state index contributed by atoms with van der Waals surface area (Å²) in [5, 5.41) is 18.0. The molecule has 13 heteroatoms. The van der Waals surface area contributed by atoms with Crippen LogP contribution in [0.2, 0.25) is 0 Å². The largest absolute Gasteiger partial charge is 0.480 e. The molecule has 35 heavy (non-hydrogen) atoms. The summed E-state index contributed by atoms with van der Waals surface area (Å²) in [5.41, 5.74) is 0. The first kappa shape index (κ1) is 29.1. The monoisotopic (exact) mass is 613 g/mol. The minimum absolute atomic E-state index is 0. The number of sulfonamides is 2. The Bertz CT molecular complexity index is 1130. The van der Waals surface area contributed by atoms with E-state index in [1.807, 2.05) is 0 Å². The van der Waals surface area contributed by atoms with Gasteiger partial charge in [-0.2, -0.15) is 8.61 Å². The average Bonchev–Trinajstić information content (AvgIpc) is 3.51. The molecule has 2 atom stereocenters. The topological polar surface area (TPSA) is 149 Å². The van der Waals surface area contributed by atoms with Crippen molar-refractivity contribution in [3.63, 3.8) is 0 Å². The van der Waals surface area contributed by atoms with Gasteiger partial charge >= 0.3 is 11.9 Å². The third-order valence-corrected chi connectivity index (χ3v) is 9.52. The number of rotatable bonds is 6. The average molecular weight is 613 g/mol. The van der Waals surface area contributed by atoms with Crippen LogP contribution in [0.1, 0.15) is 25.7 Å². The van der Waals surface area contributed by atoms with Crippen LogP contribution in [0.3, 0.4) is 0 Å². The summed E-state index contributed by atoms with van der Waals surface area (Å²) < 4.78 is 51.0. The number of benzene rings is 2. The van der Waals surface area contributed by atoms with Crippen LogP contribution in [0.5, 0.6) is 0 Å². The predicted molar refractivity (Wildman–Crippen MR) is 122 cm³/mol. The van der Waals surface area contributed by atoms with Gasteiger partial charge in [-0.05, 0) is 49.9 Å². The van der Waals surface area contributed by atoms with E-state index < -0.39 is 44.1 Å². The fourth-order valence-corrected chi connectivity index (χ4v) is 7.35. The summed E-state index contributed by atoms with van der Waals surface area (Å²) in [7, 11) is -7.36. The molecule has 2 aliphatic rings. The fourth-order valence-electron chi connectivity index (χ4n) is 4.01. The Balaban J connectivity index is 0.000000240. The smallest absolute Gasteiger partial charge is 0.322 e. The summed E-state index contributed by atoms with van der Waals surface area (Å²) in [6.07, 6.45) is 1.93. The molecule has 193 valence electrons. The van der Waals surface area contributed by atoms with E-state index in [2.05, 4.69) is 0 Å². The van der Waals surface area contributed by atoms with Crippen molar-refractivity contribution in [3.8, 4) is 0 Å². The van der Waals surface area contributed by atoms with Crippen molar-refractivity contribution in [2.75, 3.05) is 13.1 Å². The van der Waals surface area contributed by atoms with Gasteiger partial charge < -0.3 is 10.2 Å². The van der Waals surface area contributed by atoms with Gasteiger partial charge in [-0.15, -0.1) is 0 Å². The van der Waals surface area contributed by atoms with Gasteiger partial charge in [0.15, 0.2) is 0 Å². The van der Waals surface area contributed by atoms with E-state index in [0.29, 0.717) is 25.7 Å². The Morgan fingerprint density at radius 2 is 0.971 bits per heavy atom. The summed E-state index contributed by atoms with van der Waals surface area (Å²) >= 11 is 0. The Morgan fingerprint density at radius 3 is 1.26 bits per heavy atom. The molecular formula is C22H26N2O8RhS2. The van der Waals surface area contributed by atoms with Gasteiger partial charge in [0.2, 0.25) is 20.0 Å². The first-order valence-corrected chi connectivity index (χ1v) is 13.5. The van der Waals surface area contributed by atoms with Gasteiger partial charge in [0, 0.05) is 32.6 Å². The SMILES string of the molecule is O=C(O)[C@@H]1CCCN1S(=O)(=O)c1ccccc1.O=C(O)[C@@H]1CCCN1S(=O)(=O)c1ccccc1.[Rh]. The number of carboxylic acid groups (broad SMARTS) is 2. The van der Waals surface area contributed by atoms with Crippen LogP contribution in [0, 0.1) is 0 Å². The van der Waals surface area contributed by atoms with Gasteiger partial charge in [-0.1, -0.05) is 36.4 Å². The molecule has 2 heterocycles. The molecule has 4 rings (SSSR count). The van der Waals surface area contributed by atoms with Gasteiger partial charge in [-0.3, -0.25) is 9.59 Å². The van der Waals surface area contributed by atoms with E-state index in [-0.39, 0.29) is 42.4 Å². The molecule has 0 aliphatic carbocycles. The minimum Gasteiger partial charge on any atom is -0.480 e. The molecule has 0 aromatic heterocycles. The van der Waals surface area contributed by atoms with Crippen LogP contribution in [0.15, 0.2) is 70.5 Å². The van der Waals surface area contributed by atoms with Crippen molar-refractivity contribution >= 4 is 32.0 Å². The number of carboxylic acids is 2. The van der Waals surface area contributed by atoms with E-state index in [4.69, 9.17) is 10.2 Å². The van der Waals surface area contributed by atoms with Crippen molar-refractivity contribution in [2.45, 2.75) is 47.6 Å². The van der Waals surface area contributed by atoms with E-state index >= 15 is 0 Å². The van der Waals surface area contributed by atoms with E-state index in [0.717, 1.165) is 8.61 Å². The van der Waals surface area contributed by atoms with Gasteiger partial charge in [-0.25, -0.2) is 16.8 Å². The number of carbonyl (C=O) groups is 2. The molecule has 0 spiro atoms. The molecule has 2 aromatic carbocycles. The molecule has 0 unspecified atom stereocenters. The number of aliphatic carboxylic acids is 2. The summed E-state index contributed by atoms with van der Waals surface area (Å²) in [4.78, 5) is 22.3. The minimum atomic E-state index is -3.68. The second kappa shape index (κ2) is 12.2. The molecule has 0 bridgehead atoms. The molecular weight excluding hydrogens is 587 g/mol. The quantitative estimate of drug-likeness (QED) is 0.469. The van der Waals surface area contributed by atoms with Crippen LogP contribution >= 0.6 is 0 Å². The maximum atomic E-state index is 12.2. The standard InChI is InChI=1S/2C11H13NO4S.Rh/c2*13-11(14)10-7-4-8-12(10)17(15,16)9-5-2-1-3-6-9;/h2*1-3,5-6,10H,4,7-8H2,(H,13,14);/t2*10-;/m00./s1. The normalized spacial score (nSPS) is 20.9. The second-order valence-electron chi connectivity index (χ2n) is 7.85. The molecule has 2 N–H and O–H groups in total. The van der Waals surface area contributed by atoms with Crippen molar-refractivity contribution in [2.24, 2.45) is 0 Å². The van der Waals surface area contributed by atoms with Crippen LogP contribution in [-0.2, 0) is 49.1 Å². The molecule has 2 aromatic rings. The fraction of sp³-hybridized carbons (Fsp3) is 0.364. The Morgan fingerprint density at radius 1 is 0.657 bits per heavy atom. The van der Waals surface area contributed by atoms with Crippen LogP contribution in [0.4, 0.5) is 0 Å². The first-order valence-electron chi connectivity index (χ1n) is 10.7. The zero-order valence-corrected chi connectivity index (χ0v) is 21.8. The second-order valence-corrected chi connectivity index (χ2v) is 11.6. The molecule has 0 amide bonds. The maximum absolute atomic E-state index is 12.2. The van der Waals surface area contributed by atoms with E-state index in [1.165, 1.54) is 24.3 Å². The molecule has 0 saturated carbocycles. The third kappa shape index (κ3) is 6.53. The molecule has 2 aliphatic heterocycles. The van der Waals surface area contributed by atoms with Crippen LogP contribution < -0.4 is 0 Å². The van der Waals surface area contributed by atoms with E-state index in [1.54, 1.807) is 36.4 Å². The molecule has 10 nitrogen and oxygen atoms in total. The predicted octanol–water partition coefficient (Wildman–Crippen LogP) is 1.85. The van der Waals surface area contributed by atoms with Crippen molar-refractivity contribution in [1.29, 1.82) is 0 Å². The third-order valence-electron chi connectivity index (χ3n) is 5.68. The maximum Gasteiger partial charge on any atom is 0.322 e. The number of nitrogens with zero attached hydrogens (tertiary/aromatic N) is 2. The summed E-state index contributed by atoms with van der Waals surface area (Å²) in [6, 6.07) is 14.0. The Labute approximate surface area is 217 Å². The van der Waals surface area contributed by atoms with E-state index in [9.17, 15) is 26.4 Å². The zero-order valence-electron chi connectivity index (χ0n) is 18.6. The van der Waals surface area contributed by atoms with Gasteiger partial charge in [0.1, 0.15) is 12.1 Å². The zero-order chi connectivity index (χ0) is 24.9. The van der Waals surface area contributed by atoms with Gasteiger partial charge in [0.05, 0.1) is 9.79 Å². The Kier molecular flexibility index (Phi) is 10.1. The van der Waals surface area contributed by atoms with Crippen LogP contribution in [-0.4, -0.2) is 72.8 Å². The molecule has 2 fully saturated rings.